The van der Waals surface area contributed by atoms with Crippen molar-refractivity contribution in [1.82, 2.24) is 34.6 Å². The van der Waals surface area contributed by atoms with Crippen LogP contribution in [0.25, 0.3) is 11.2 Å². The van der Waals surface area contributed by atoms with Gasteiger partial charge < -0.3 is 44.4 Å². The number of piperidine rings is 1. The molecule has 3 aliphatic rings. The van der Waals surface area contributed by atoms with Gasteiger partial charge in [0, 0.05) is 32.2 Å². The molecule has 0 spiro atoms. The van der Waals surface area contributed by atoms with Gasteiger partial charge in [-0.05, 0) is 80.2 Å². The highest BCUT2D eigenvalue weighted by atomic mass is 16.8. The highest BCUT2D eigenvalue weighted by molar-refractivity contribution is 5.82. The number of imidazole rings is 1. The van der Waals surface area contributed by atoms with E-state index in [2.05, 4.69) is 25.2 Å². The Balaban J connectivity index is 1.26. The van der Waals surface area contributed by atoms with Crippen LogP contribution in [0, 0.1) is 0 Å². The maximum atomic E-state index is 13.6. The predicted octanol–water partition coefficient (Wildman–Crippen LogP) is 4.55. The van der Waals surface area contributed by atoms with Crippen LogP contribution in [0.2, 0.25) is 0 Å². The number of anilines is 1. The van der Waals surface area contributed by atoms with Crippen LogP contribution in [0.3, 0.4) is 0 Å². The molecule has 2 amide bonds. The summed E-state index contributed by atoms with van der Waals surface area (Å²) < 4.78 is 38.5. The number of benzene rings is 1. The number of carbonyl (C=O) groups excluding carboxylic acids is 3. The van der Waals surface area contributed by atoms with Crippen LogP contribution >= 0.6 is 0 Å². The van der Waals surface area contributed by atoms with Gasteiger partial charge in [-0.3, -0.25) is 9.47 Å². The predicted molar refractivity (Wildman–Crippen MR) is 204 cm³/mol. The first-order valence-corrected chi connectivity index (χ1v) is 19.2. The molecule has 0 bridgehead atoms. The number of hydrogen-bond acceptors (Lipinski definition) is 14. The van der Waals surface area contributed by atoms with Gasteiger partial charge in [0.1, 0.15) is 54.0 Å². The molecule has 3 fully saturated rings. The zero-order valence-electron chi connectivity index (χ0n) is 33.6. The van der Waals surface area contributed by atoms with E-state index in [1.807, 2.05) is 65.0 Å². The summed E-state index contributed by atoms with van der Waals surface area (Å²) in [6.07, 6.45) is 1.32. The maximum absolute atomic E-state index is 13.6. The Labute approximate surface area is 327 Å². The molecule has 1 aromatic carbocycles. The van der Waals surface area contributed by atoms with Crippen LogP contribution in [0.15, 0.2) is 43.0 Å². The lowest BCUT2D eigenvalue weighted by Crippen LogP contribution is -2.54. The largest absolute Gasteiger partial charge is 0.458 e. The minimum Gasteiger partial charge on any atom is -0.458 e. The van der Waals surface area contributed by atoms with Gasteiger partial charge in [-0.25, -0.2) is 29.3 Å². The first-order valence-electron chi connectivity index (χ1n) is 19.2. The van der Waals surface area contributed by atoms with Crippen molar-refractivity contribution in [1.29, 1.82) is 0 Å². The minimum absolute atomic E-state index is 0.0361. The molecule has 306 valence electrons. The molecule has 5 heterocycles. The molecule has 0 radical (unpaired) electrons. The summed E-state index contributed by atoms with van der Waals surface area (Å²) in [6.45, 7) is 16.2. The van der Waals surface area contributed by atoms with Gasteiger partial charge in [0.05, 0.1) is 6.33 Å². The van der Waals surface area contributed by atoms with E-state index in [0.717, 1.165) is 18.4 Å². The summed E-state index contributed by atoms with van der Waals surface area (Å²) in [6, 6.07) is 8.09. The molecule has 6 rings (SSSR count). The first-order chi connectivity index (χ1) is 26.4. The number of likely N-dealkylation sites (tertiary alicyclic amines) is 1. The molecule has 2 aromatic heterocycles. The Morgan fingerprint density at radius 2 is 1.73 bits per heavy atom. The number of esters is 1. The highest BCUT2D eigenvalue weighted by Gasteiger charge is 2.56. The highest BCUT2D eigenvalue weighted by Crippen LogP contribution is 2.44. The standard InChI is InChI=1S/C39H56N8O9/c1-37(2,3)55-34(48)26(44-35(49)51-21-24-13-10-9-11-14-24)16-18-45(25-15-12-17-46(19-25)36(50)56-38(4,5)6)20-27-29-30(54-39(7,8)53-29)33(52-27)47-23-43-28-31(40)41-22-42-32(28)47/h9-11,13-14,22-23,25-27,29-30,33H,12,15-21H2,1-8H3,(H,44,49)(H2,40,41,42)/t25?,26?,27-,29-,30-,33-/m1/s1. The van der Waals surface area contributed by atoms with Crippen molar-refractivity contribution >= 4 is 35.1 Å². The van der Waals surface area contributed by atoms with Crippen molar-refractivity contribution in [3.05, 3.63) is 48.5 Å². The number of nitrogen functional groups attached to an aromatic ring is 1. The average molecular weight is 781 g/mol. The van der Waals surface area contributed by atoms with Crippen LogP contribution in [0.1, 0.15) is 86.4 Å². The van der Waals surface area contributed by atoms with Crippen molar-refractivity contribution in [2.75, 3.05) is 31.9 Å². The molecule has 3 aliphatic heterocycles. The van der Waals surface area contributed by atoms with Gasteiger partial charge in [-0.2, -0.15) is 0 Å². The van der Waals surface area contributed by atoms with Crippen molar-refractivity contribution in [2.24, 2.45) is 0 Å². The Kier molecular flexibility index (Phi) is 12.1. The van der Waals surface area contributed by atoms with Crippen molar-refractivity contribution in [2.45, 2.75) is 135 Å². The zero-order valence-corrected chi connectivity index (χ0v) is 33.6. The van der Waals surface area contributed by atoms with E-state index in [9.17, 15) is 14.4 Å². The average Bonchev–Trinajstić information content (AvgIpc) is 3.78. The fraction of sp³-hybridized carbons (Fsp3) is 0.641. The van der Waals surface area contributed by atoms with E-state index in [1.54, 1.807) is 36.6 Å². The second kappa shape index (κ2) is 16.5. The van der Waals surface area contributed by atoms with E-state index >= 15 is 0 Å². The van der Waals surface area contributed by atoms with Gasteiger partial charge in [0.15, 0.2) is 23.5 Å². The molecule has 3 saturated heterocycles. The Hall–Kier alpha value is -4.58. The molecular weight excluding hydrogens is 724 g/mol. The lowest BCUT2D eigenvalue weighted by atomic mass is 10.0. The van der Waals surface area contributed by atoms with Crippen molar-refractivity contribution < 1.29 is 42.8 Å². The molecular formula is C39H56N8O9. The number of rotatable bonds is 11. The maximum Gasteiger partial charge on any atom is 0.410 e. The number of ether oxygens (including phenoxy) is 6. The topological polar surface area (TPSA) is 195 Å². The summed E-state index contributed by atoms with van der Waals surface area (Å²) in [5, 5.41) is 2.75. The van der Waals surface area contributed by atoms with Crippen molar-refractivity contribution in [3.8, 4) is 0 Å². The van der Waals surface area contributed by atoms with Crippen LogP contribution in [-0.4, -0.2) is 121 Å². The SMILES string of the molecule is CC(C)(C)OC(=O)C(CCN(C[C@H]1O[C@@H](n2cnc3c(N)ncnc32)[C@@H]2OC(C)(C)O[C@@H]21)C1CCCN(C(=O)OC(C)(C)C)C1)NC(=O)OCc1ccccc1. The van der Waals surface area contributed by atoms with E-state index in [0.29, 0.717) is 37.3 Å². The van der Waals surface area contributed by atoms with Crippen LogP contribution < -0.4 is 11.1 Å². The number of nitrogens with zero attached hydrogens (tertiary/aromatic N) is 6. The number of fused-ring (bicyclic) bond motifs is 2. The molecule has 6 atom stereocenters. The summed E-state index contributed by atoms with van der Waals surface area (Å²) in [7, 11) is 0. The second-order valence-corrected chi connectivity index (χ2v) is 17.0. The molecule has 3 N–H and O–H groups in total. The van der Waals surface area contributed by atoms with E-state index in [-0.39, 0.29) is 24.9 Å². The monoisotopic (exact) mass is 780 g/mol. The molecule has 2 unspecified atom stereocenters. The number of carbonyl (C=O) groups is 3. The molecule has 3 aromatic rings. The fourth-order valence-electron chi connectivity index (χ4n) is 7.31. The Bertz CT molecular complexity index is 1840. The third-order valence-corrected chi connectivity index (χ3v) is 9.67. The fourth-order valence-corrected chi connectivity index (χ4v) is 7.31. The number of amides is 2. The lowest BCUT2D eigenvalue weighted by Gasteiger charge is -2.41. The number of alkyl carbamates (subject to hydrolysis) is 1. The molecule has 17 heteroatoms. The number of hydrogen-bond donors (Lipinski definition) is 2. The number of nitrogens with two attached hydrogens (primary N) is 1. The number of aromatic nitrogens is 4. The first kappa shape index (κ1) is 41.1. The number of nitrogens with one attached hydrogen (secondary N) is 1. The van der Waals surface area contributed by atoms with E-state index in [1.165, 1.54) is 6.33 Å². The summed E-state index contributed by atoms with van der Waals surface area (Å²) in [4.78, 5) is 56.9. The summed E-state index contributed by atoms with van der Waals surface area (Å²) in [5.74, 6) is -1.25. The lowest BCUT2D eigenvalue weighted by molar-refractivity contribution is -0.198. The van der Waals surface area contributed by atoms with E-state index < -0.39 is 65.7 Å². The molecule has 56 heavy (non-hydrogen) atoms. The van der Waals surface area contributed by atoms with Gasteiger partial charge in [-0.1, -0.05) is 30.3 Å². The zero-order chi connectivity index (χ0) is 40.4. The van der Waals surface area contributed by atoms with Gasteiger partial charge in [0.25, 0.3) is 0 Å². The Morgan fingerprint density at radius 3 is 2.45 bits per heavy atom. The Morgan fingerprint density at radius 1 is 1.02 bits per heavy atom. The second-order valence-electron chi connectivity index (χ2n) is 17.0. The van der Waals surface area contributed by atoms with Gasteiger partial charge >= 0.3 is 18.2 Å². The normalized spacial score (nSPS) is 24.2. The van der Waals surface area contributed by atoms with Crippen molar-refractivity contribution in [3.63, 3.8) is 0 Å². The molecule has 0 saturated carbocycles. The van der Waals surface area contributed by atoms with Crippen LogP contribution in [0.5, 0.6) is 0 Å². The summed E-state index contributed by atoms with van der Waals surface area (Å²) >= 11 is 0. The third kappa shape index (κ3) is 10.2. The van der Waals surface area contributed by atoms with Crippen LogP contribution in [0.4, 0.5) is 15.4 Å². The molecule has 17 nitrogen and oxygen atoms in total. The van der Waals surface area contributed by atoms with Crippen LogP contribution in [-0.2, 0) is 39.8 Å². The van der Waals surface area contributed by atoms with E-state index in [4.69, 9.17) is 34.2 Å². The van der Waals surface area contributed by atoms with Gasteiger partial charge in [-0.15, -0.1) is 0 Å². The quantitative estimate of drug-likeness (QED) is 0.203. The summed E-state index contributed by atoms with van der Waals surface area (Å²) in [5.41, 5.74) is 6.40. The van der Waals surface area contributed by atoms with Gasteiger partial charge in [0.2, 0.25) is 0 Å². The molecule has 0 aliphatic carbocycles. The minimum atomic E-state index is -1.04. The third-order valence-electron chi connectivity index (χ3n) is 9.67. The smallest absolute Gasteiger partial charge is 0.410 e.